The van der Waals surface area contributed by atoms with Gasteiger partial charge in [0.15, 0.2) is 0 Å². The zero-order valence-electron chi connectivity index (χ0n) is 9.72. The molecule has 0 saturated carbocycles. The molecule has 0 saturated heterocycles. The molecule has 0 atom stereocenters. The number of hydrogen-bond acceptors (Lipinski definition) is 6. The molecule has 0 rings (SSSR count). The van der Waals surface area contributed by atoms with Crippen LogP contribution in [0.15, 0.2) is 0 Å². The monoisotopic (exact) mass is 235 g/mol. The van der Waals surface area contributed by atoms with E-state index in [-0.39, 0.29) is 25.8 Å². The Morgan fingerprint density at radius 2 is 1.81 bits per heavy atom. The van der Waals surface area contributed by atoms with Crippen molar-refractivity contribution in [1.29, 1.82) is 0 Å². The molecule has 0 aromatic carbocycles. The molecule has 0 spiro atoms. The quantitative estimate of drug-likeness (QED) is 0.368. The molecule has 0 amide bonds. The summed E-state index contributed by atoms with van der Waals surface area (Å²) in [6.45, 7) is 4.03. The van der Waals surface area contributed by atoms with E-state index in [0.717, 1.165) is 0 Å². The van der Waals surface area contributed by atoms with Gasteiger partial charge in [-0.25, -0.2) is 4.79 Å². The number of aliphatic hydroxyl groups is 2. The van der Waals surface area contributed by atoms with Crippen molar-refractivity contribution in [2.24, 2.45) is 0 Å². The van der Waals surface area contributed by atoms with Crippen LogP contribution in [-0.2, 0) is 14.3 Å². The van der Waals surface area contributed by atoms with E-state index in [0.29, 0.717) is 32.8 Å². The average molecular weight is 235 g/mol. The van der Waals surface area contributed by atoms with Gasteiger partial charge in [0.1, 0.15) is 6.61 Å². The summed E-state index contributed by atoms with van der Waals surface area (Å²) in [4.78, 5) is 12.8. The van der Waals surface area contributed by atoms with Gasteiger partial charge in [0, 0.05) is 19.6 Å². The lowest BCUT2D eigenvalue weighted by atomic mass is 10.4. The highest BCUT2D eigenvalue weighted by molar-refractivity contribution is 5.70. The molecule has 0 aliphatic carbocycles. The molecule has 96 valence electrons. The van der Waals surface area contributed by atoms with Gasteiger partial charge in [-0.3, -0.25) is 4.90 Å². The molecule has 16 heavy (non-hydrogen) atoms. The molecule has 2 N–H and O–H groups in total. The van der Waals surface area contributed by atoms with Gasteiger partial charge in [0.25, 0.3) is 0 Å². The first kappa shape index (κ1) is 15.3. The van der Waals surface area contributed by atoms with Crippen molar-refractivity contribution in [3.63, 3.8) is 0 Å². The molecule has 0 aromatic heterocycles. The molecule has 6 heteroatoms. The first-order chi connectivity index (χ1) is 7.74. The van der Waals surface area contributed by atoms with Crippen molar-refractivity contribution >= 4 is 5.97 Å². The van der Waals surface area contributed by atoms with Crippen LogP contribution in [-0.4, -0.2) is 73.8 Å². The molecule has 0 heterocycles. The predicted molar refractivity (Wildman–Crippen MR) is 58.1 cm³/mol. The number of aliphatic hydroxyl groups excluding tert-OH is 2. The van der Waals surface area contributed by atoms with Crippen LogP contribution in [0, 0.1) is 0 Å². The van der Waals surface area contributed by atoms with Gasteiger partial charge in [-0.1, -0.05) is 0 Å². The van der Waals surface area contributed by atoms with Gasteiger partial charge < -0.3 is 19.7 Å². The van der Waals surface area contributed by atoms with Crippen LogP contribution in [0.5, 0.6) is 0 Å². The maximum atomic E-state index is 10.9. The number of nitrogens with zero attached hydrogens (tertiary/aromatic N) is 1. The summed E-state index contributed by atoms with van der Waals surface area (Å²) in [5.74, 6) is -0.377. The van der Waals surface area contributed by atoms with Gasteiger partial charge >= 0.3 is 5.97 Å². The third-order valence-corrected chi connectivity index (χ3v) is 1.91. The molecular weight excluding hydrogens is 214 g/mol. The van der Waals surface area contributed by atoms with Gasteiger partial charge in [-0.15, -0.1) is 0 Å². The van der Waals surface area contributed by atoms with Crippen molar-refractivity contribution in [3.8, 4) is 0 Å². The Labute approximate surface area is 95.8 Å². The Morgan fingerprint density at radius 1 is 1.19 bits per heavy atom. The fourth-order valence-corrected chi connectivity index (χ4v) is 1.17. The Hall–Kier alpha value is -0.690. The molecule has 0 bridgehead atoms. The number of esters is 1. The second-order valence-corrected chi connectivity index (χ2v) is 3.15. The summed E-state index contributed by atoms with van der Waals surface area (Å²) in [5.41, 5.74) is 0. The lowest BCUT2D eigenvalue weighted by Crippen LogP contribution is -2.33. The number of ether oxygens (including phenoxy) is 2. The van der Waals surface area contributed by atoms with Crippen molar-refractivity contribution in [2.75, 3.05) is 52.7 Å². The van der Waals surface area contributed by atoms with E-state index < -0.39 is 0 Å². The Balaban J connectivity index is 3.49. The summed E-state index contributed by atoms with van der Waals surface area (Å²) < 4.78 is 9.78. The topological polar surface area (TPSA) is 79.2 Å². The standard InChI is InChI=1S/C10H21NO5/c1-2-16-10(14)9-15-8-5-11(3-6-12)4-7-13/h12-13H,2-9H2,1H3. The first-order valence-electron chi connectivity index (χ1n) is 5.42. The van der Waals surface area contributed by atoms with E-state index >= 15 is 0 Å². The van der Waals surface area contributed by atoms with Gasteiger partial charge in [-0.05, 0) is 6.92 Å². The van der Waals surface area contributed by atoms with Crippen molar-refractivity contribution in [2.45, 2.75) is 6.92 Å². The fraction of sp³-hybridized carbons (Fsp3) is 0.900. The summed E-state index contributed by atoms with van der Waals surface area (Å²) in [5, 5.41) is 17.5. The van der Waals surface area contributed by atoms with Gasteiger partial charge in [0.05, 0.1) is 26.4 Å². The van der Waals surface area contributed by atoms with E-state index in [4.69, 9.17) is 14.9 Å². The van der Waals surface area contributed by atoms with Crippen LogP contribution in [0.1, 0.15) is 6.92 Å². The zero-order valence-corrected chi connectivity index (χ0v) is 9.72. The molecule has 0 aromatic rings. The van der Waals surface area contributed by atoms with Crippen LogP contribution in [0.3, 0.4) is 0 Å². The number of carbonyl (C=O) groups excluding carboxylic acids is 1. The van der Waals surface area contributed by atoms with E-state index in [2.05, 4.69) is 4.74 Å². The molecule has 0 fully saturated rings. The number of hydrogen-bond donors (Lipinski definition) is 2. The molecule has 0 unspecified atom stereocenters. The molecule has 0 radical (unpaired) electrons. The average Bonchev–Trinajstić information content (AvgIpc) is 2.25. The molecule has 6 nitrogen and oxygen atoms in total. The second kappa shape index (κ2) is 10.8. The van der Waals surface area contributed by atoms with Crippen LogP contribution in [0.4, 0.5) is 0 Å². The van der Waals surface area contributed by atoms with E-state index in [1.165, 1.54) is 0 Å². The lowest BCUT2D eigenvalue weighted by molar-refractivity contribution is -0.148. The van der Waals surface area contributed by atoms with Crippen LogP contribution in [0.2, 0.25) is 0 Å². The summed E-state index contributed by atoms with van der Waals surface area (Å²) in [6.07, 6.45) is 0. The Kier molecular flexibility index (Phi) is 10.3. The predicted octanol–water partition coefficient (Wildman–Crippen LogP) is -1.15. The van der Waals surface area contributed by atoms with Gasteiger partial charge in [-0.2, -0.15) is 0 Å². The number of carbonyl (C=O) groups is 1. The van der Waals surface area contributed by atoms with Crippen molar-refractivity contribution < 1.29 is 24.5 Å². The highest BCUT2D eigenvalue weighted by Crippen LogP contribution is 1.88. The maximum Gasteiger partial charge on any atom is 0.332 e. The fourth-order valence-electron chi connectivity index (χ4n) is 1.17. The van der Waals surface area contributed by atoms with Gasteiger partial charge in [0.2, 0.25) is 0 Å². The summed E-state index contributed by atoms with van der Waals surface area (Å²) >= 11 is 0. The highest BCUT2D eigenvalue weighted by atomic mass is 16.6. The van der Waals surface area contributed by atoms with Crippen LogP contribution in [0.25, 0.3) is 0 Å². The number of rotatable bonds is 10. The normalized spacial score (nSPS) is 10.8. The molecule has 0 aliphatic rings. The highest BCUT2D eigenvalue weighted by Gasteiger charge is 2.05. The van der Waals surface area contributed by atoms with E-state index in [1.807, 2.05) is 4.90 Å². The molecular formula is C10H21NO5. The van der Waals surface area contributed by atoms with Crippen molar-refractivity contribution in [3.05, 3.63) is 0 Å². The maximum absolute atomic E-state index is 10.9. The SMILES string of the molecule is CCOC(=O)COCCN(CCO)CCO. The smallest absolute Gasteiger partial charge is 0.332 e. The van der Waals surface area contributed by atoms with E-state index in [1.54, 1.807) is 6.92 Å². The summed E-state index contributed by atoms with van der Waals surface area (Å²) in [6, 6.07) is 0. The lowest BCUT2D eigenvalue weighted by Gasteiger charge is -2.19. The van der Waals surface area contributed by atoms with E-state index in [9.17, 15) is 4.79 Å². The molecule has 0 aliphatic heterocycles. The first-order valence-corrected chi connectivity index (χ1v) is 5.42. The van der Waals surface area contributed by atoms with Crippen molar-refractivity contribution in [1.82, 2.24) is 4.90 Å². The minimum Gasteiger partial charge on any atom is -0.464 e. The largest absolute Gasteiger partial charge is 0.464 e. The minimum atomic E-state index is -0.377. The minimum absolute atomic E-state index is 0.0396. The van der Waals surface area contributed by atoms with Crippen LogP contribution < -0.4 is 0 Å². The zero-order chi connectivity index (χ0) is 12.2. The summed E-state index contributed by atoms with van der Waals surface area (Å²) in [7, 11) is 0. The third-order valence-electron chi connectivity index (χ3n) is 1.91. The Bertz CT molecular complexity index is 171. The van der Waals surface area contributed by atoms with Crippen LogP contribution >= 0.6 is 0 Å². The third kappa shape index (κ3) is 8.60. The Morgan fingerprint density at radius 3 is 2.31 bits per heavy atom. The second-order valence-electron chi connectivity index (χ2n) is 3.15.